The van der Waals surface area contributed by atoms with Gasteiger partial charge in [0.2, 0.25) is 0 Å². The summed E-state index contributed by atoms with van der Waals surface area (Å²) in [6.07, 6.45) is 0. The molecule has 11 aromatic carbocycles. The minimum atomic E-state index is 1.21. The van der Waals surface area contributed by atoms with Gasteiger partial charge >= 0.3 is 0 Å². The van der Waals surface area contributed by atoms with Gasteiger partial charge < -0.3 is 0 Å². The quantitative estimate of drug-likeness (QED) is 0.161. The number of fused-ring (bicyclic) bond motifs is 6. The van der Waals surface area contributed by atoms with Crippen molar-refractivity contribution in [2.75, 3.05) is 0 Å². The molecule has 0 bridgehead atoms. The van der Waals surface area contributed by atoms with Gasteiger partial charge in [0.1, 0.15) is 0 Å². The Morgan fingerprint density at radius 3 is 1.13 bits per heavy atom. The lowest BCUT2D eigenvalue weighted by atomic mass is 9.84. The van der Waals surface area contributed by atoms with Crippen LogP contribution in [0.5, 0.6) is 0 Å². The van der Waals surface area contributed by atoms with Gasteiger partial charge in [-0.15, -0.1) is 0 Å². The molecule has 0 aliphatic heterocycles. The van der Waals surface area contributed by atoms with E-state index in [1.54, 1.807) is 0 Å². The Balaban J connectivity index is 1.19. The van der Waals surface area contributed by atoms with E-state index in [2.05, 4.69) is 207 Å². The van der Waals surface area contributed by atoms with Gasteiger partial charge in [-0.3, -0.25) is 0 Å². The smallest absolute Gasteiger partial charge is 0.00259 e. The molecule has 0 aromatic heterocycles. The molecule has 55 heavy (non-hydrogen) atoms. The van der Waals surface area contributed by atoms with Crippen LogP contribution >= 0.6 is 0 Å². The maximum atomic E-state index is 2.45. The van der Waals surface area contributed by atoms with E-state index in [-0.39, 0.29) is 0 Å². The molecule has 0 aliphatic carbocycles. The van der Waals surface area contributed by atoms with Crippen LogP contribution in [-0.4, -0.2) is 0 Å². The third-order valence-corrected chi connectivity index (χ3v) is 11.8. The molecule has 0 heterocycles. The lowest BCUT2D eigenvalue weighted by Crippen LogP contribution is -1.92. The molecule has 0 radical (unpaired) electrons. The summed E-state index contributed by atoms with van der Waals surface area (Å²) in [6.45, 7) is 2.25. The molecule has 0 amide bonds. The Bertz CT molecular complexity index is 3270. The molecule has 0 N–H and O–H groups in total. The fraction of sp³-hybridized carbons (Fsp3) is 0.0182. The fourth-order valence-corrected chi connectivity index (χ4v) is 9.18. The maximum absolute atomic E-state index is 2.45. The molecule has 0 saturated carbocycles. The SMILES string of the molecule is Cc1c2ccccc2c(-c2cccc(-c3ccc4c(-c5ccc6ccccc6c5)c5ccccc5c(-c5ccc6ccccc6c5)c4c3)c2)c2ccccc12. The predicted molar refractivity (Wildman–Crippen MR) is 238 cm³/mol. The monoisotopic (exact) mass is 696 g/mol. The summed E-state index contributed by atoms with van der Waals surface area (Å²) in [5, 5.41) is 15.2. The Kier molecular flexibility index (Phi) is 7.19. The van der Waals surface area contributed by atoms with Gasteiger partial charge in [-0.05, 0) is 146 Å². The molecule has 11 aromatic rings. The summed E-state index contributed by atoms with van der Waals surface area (Å²) >= 11 is 0. The zero-order valence-electron chi connectivity index (χ0n) is 30.6. The first-order valence-electron chi connectivity index (χ1n) is 19.2. The average molecular weight is 697 g/mol. The van der Waals surface area contributed by atoms with Crippen LogP contribution in [0.25, 0.3) is 109 Å². The summed E-state index contributed by atoms with van der Waals surface area (Å²) in [4.78, 5) is 0. The molecule has 0 spiro atoms. The largest absolute Gasteiger partial charge is 0.0616 e. The molecule has 0 saturated heterocycles. The van der Waals surface area contributed by atoms with Crippen molar-refractivity contribution in [2.24, 2.45) is 0 Å². The Hall–Kier alpha value is -7.02. The van der Waals surface area contributed by atoms with Crippen molar-refractivity contribution in [1.82, 2.24) is 0 Å². The van der Waals surface area contributed by atoms with E-state index >= 15 is 0 Å². The van der Waals surface area contributed by atoms with Crippen LogP contribution in [0.4, 0.5) is 0 Å². The highest BCUT2D eigenvalue weighted by Gasteiger charge is 2.19. The summed E-state index contributed by atoms with van der Waals surface area (Å²) in [5.41, 5.74) is 11.3. The van der Waals surface area contributed by atoms with E-state index in [4.69, 9.17) is 0 Å². The van der Waals surface area contributed by atoms with Crippen molar-refractivity contribution in [3.63, 3.8) is 0 Å². The summed E-state index contributed by atoms with van der Waals surface area (Å²) in [6, 6.07) is 74.2. The van der Waals surface area contributed by atoms with Crippen molar-refractivity contribution >= 4 is 64.6 Å². The van der Waals surface area contributed by atoms with Crippen molar-refractivity contribution in [3.05, 3.63) is 206 Å². The van der Waals surface area contributed by atoms with Crippen LogP contribution < -0.4 is 0 Å². The first kappa shape index (κ1) is 31.5. The molecule has 0 unspecified atom stereocenters. The number of rotatable bonds is 4. The van der Waals surface area contributed by atoms with Gasteiger partial charge in [0.05, 0.1) is 0 Å². The van der Waals surface area contributed by atoms with Crippen molar-refractivity contribution in [1.29, 1.82) is 0 Å². The van der Waals surface area contributed by atoms with Gasteiger partial charge in [0.25, 0.3) is 0 Å². The first-order chi connectivity index (χ1) is 27.2. The average Bonchev–Trinajstić information content (AvgIpc) is 3.25. The first-order valence-corrected chi connectivity index (χ1v) is 19.2. The third kappa shape index (κ3) is 5.07. The minimum absolute atomic E-state index is 1.21. The summed E-state index contributed by atoms with van der Waals surface area (Å²) in [5.74, 6) is 0. The normalized spacial score (nSPS) is 11.7. The summed E-state index contributed by atoms with van der Waals surface area (Å²) in [7, 11) is 0. The summed E-state index contributed by atoms with van der Waals surface area (Å²) < 4.78 is 0. The second-order valence-corrected chi connectivity index (χ2v) is 14.9. The van der Waals surface area contributed by atoms with E-state index in [1.807, 2.05) is 0 Å². The molecule has 0 atom stereocenters. The second kappa shape index (κ2) is 12.5. The number of hydrogen-bond acceptors (Lipinski definition) is 0. The zero-order chi connectivity index (χ0) is 36.5. The Morgan fingerprint density at radius 1 is 0.218 bits per heavy atom. The number of benzene rings is 11. The van der Waals surface area contributed by atoms with Crippen LogP contribution in [-0.2, 0) is 0 Å². The molecule has 0 aliphatic rings. The fourth-order valence-electron chi connectivity index (χ4n) is 9.18. The van der Waals surface area contributed by atoms with Crippen molar-refractivity contribution in [3.8, 4) is 44.5 Å². The molecular weight excluding hydrogens is 661 g/mol. The van der Waals surface area contributed by atoms with Gasteiger partial charge in [0.15, 0.2) is 0 Å². The van der Waals surface area contributed by atoms with Gasteiger partial charge in [-0.2, -0.15) is 0 Å². The maximum Gasteiger partial charge on any atom is -0.00259 e. The highest BCUT2D eigenvalue weighted by atomic mass is 14.2. The zero-order valence-corrected chi connectivity index (χ0v) is 30.6. The van der Waals surface area contributed by atoms with Crippen molar-refractivity contribution in [2.45, 2.75) is 6.92 Å². The highest BCUT2D eigenvalue weighted by molar-refractivity contribution is 6.23. The predicted octanol–water partition coefficient (Wildman–Crippen LogP) is 15.6. The third-order valence-electron chi connectivity index (χ3n) is 11.8. The van der Waals surface area contributed by atoms with E-state index in [9.17, 15) is 0 Å². The van der Waals surface area contributed by atoms with E-state index in [0.29, 0.717) is 0 Å². The molecule has 11 rings (SSSR count). The van der Waals surface area contributed by atoms with E-state index < -0.39 is 0 Å². The van der Waals surface area contributed by atoms with Crippen LogP contribution in [0.15, 0.2) is 200 Å². The molecule has 256 valence electrons. The number of aryl methyl sites for hydroxylation is 1. The number of hydrogen-bond donors (Lipinski definition) is 0. The van der Waals surface area contributed by atoms with Crippen molar-refractivity contribution < 1.29 is 0 Å². The standard InChI is InChI=1S/C55H36/c1-35-45-19-6-8-21-47(45)53(48-22-9-7-20-46(35)48)42-18-12-17-40(33-42)41-29-30-51-52(34-41)55(44-28-26-37-14-3-5-16-39(37)32-44)50-24-11-10-23-49(50)54(51)43-27-25-36-13-2-4-15-38(36)31-43/h2-34H,1H3. The second-order valence-electron chi connectivity index (χ2n) is 14.9. The molecular formula is C55H36. The van der Waals surface area contributed by atoms with Crippen LogP contribution in [0.3, 0.4) is 0 Å². The molecule has 0 nitrogen and oxygen atoms in total. The lowest BCUT2D eigenvalue weighted by molar-refractivity contribution is 1.57. The minimum Gasteiger partial charge on any atom is -0.0616 e. The molecule has 0 heteroatoms. The van der Waals surface area contributed by atoms with E-state index in [0.717, 1.165) is 0 Å². The topological polar surface area (TPSA) is 0 Å². The van der Waals surface area contributed by atoms with Crippen LogP contribution in [0.2, 0.25) is 0 Å². The Labute approximate surface area is 320 Å². The Morgan fingerprint density at radius 2 is 0.582 bits per heavy atom. The highest BCUT2D eigenvalue weighted by Crippen LogP contribution is 2.46. The van der Waals surface area contributed by atoms with Gasteiger partial charge in [0, 0.05) is 0 Å². The molecule has 0 fully saturated rings. The van der Waals surface area contributed by atoms with Crippen LogP contribution in [0, 0.1) is 6.92 Å². The van der Waals surface area contributed by atoms with Gasteiger partial charge in [-0.25, -0.2) is 0 Å². The van der Waals surface area contributed by atoms with Crippen LogP contribution in [0.1, 0.15) is 5.56 Å². The van der Waals surface area contributed by atoms with Gasteiger partial charge in [-0.1, -0.05) is 176 Å². The van der Waals surface area contributed by atoms with E-state index in [1.165, 1.54) is 115 Å². The lowest BCUT2D eigenvalue weighted by Gasteiger charge is -2.19.